The van der Waals surface area contributed by atoms with Crippen molar-refractivity contribution in [1.29, 1.82) is 0 Å². The van der Waals surface area contributed by atoms with Crippen LogP contribution in [0.2, 0.25) is 5.02 Å². The molecule has 4 heteroatoms. The van der Waals surface area contributed by atoms with Gasteiger partial charge in [-0.05, 0) is 48.7 Å². The number of hydrogen-bond acceptors (Lipinski definition) is 1. The van der Waals surface area contributed by atoms with Gasteiger partial charge in [0.25, 0.3) is 0 Å². The summed E-state index contributed by atoms with van der Waals surface area (Å²) in [6, 6.07) is 9.43. The minimum Gasteiger partial charge on any atom is -0.310 e. The van der Waals surface area contributed by atoms with E-state index in [0.29, 0.717) is 28.7 Å². The van der Waals surface area contributed by atoms with Crippen molar-refractivity contribution >= 4 is 11.6 Å². The number of hydrogen-bond donors (Lipinski definition) is 1. The summed E-state index contributed by atoms with van der Waals surface area (Å²) < 4.78 is 27.3. The molecule has 0 unspecified atom stereocenters. The third kappa shape index (κ3) is 3.00. The molecule has 3 rings (SSSR count). The summed E-state index contributed by atoms with van der Waals surface area (Å²) in [5, 5.41) is 3.71. The highest BCUT2D eigenvalue weighted by molar-refractivity contribution is 6.33. The van der Waals surface area contributed by atoms with Gasteiger partial charge in [0.15, 0.2) is 0 Å². The Labute approximate surface area is 121 Å². The second-order valence-corrected chi connectivity index (χ2v) is 5.50. The molecule has 1 N–H and O–H groups in total. The van der Waals surface area contributed by atoms with Crippen molar-refractivity contribution in [3.05, 3.63) is 58.6 Å². The molecular formula is C16H14ClF2N. The van der Waals surface area contributed by atoms with E-state index in [4.69, 9.17) is 11.6 Å². The van der Waals surface area contributed by atoms with Crippen LogP contribution in [0.3, 0.4) is 0 Å². The zero-order valence-electron chi connectivity index (χ0n) is 10.8. The van der Waals surface area contributed by atoms with E-state index in [0.717, 1.165) is 5.56 Å². The quantitative estimate of drug-likeness (QED) is 0.873. The van der Waals surface area contributed by atoms with E-state index in [1.165, 1.54) is 37.1 Å². The summed E-state index contributed by atoms with van der Waals surface area (Å²) in [6.07, 6.45) is 2.40. The summed E-state index contributed by atoms with van der Waals surface area (Å²) in [4.78, 5) is 0. The Bertz CT molecular complexity index is 638. The summed E-state index contributed by atoms with van der Waals surface area (Å²) in [7, 11) is 0. The molecule has 1 nitrogen and oxygen atoms in total. The van der Waals surface area contributed by atoms with E-state index >= 15 is 0 Å². The Balaban J connectivity index is 1.94. The van der Waals surface area contributed by atoms with Crippen molar-refractivity contribution in [1.82, 2.24) is 5.32 Å². The summed E-state index contributed by atoms with van der Waals surface area (Å²) in [5.74, 6) is -0.821. The first-order valence-electron chi connectivity index (χ1n) is 6.61. The second-order valence-electron chi connectivity index (χ2n) is 5.09. The average molecular weight is 294 g/mol. The molecule has 1 aliphatic rings. The van der Waals surface area contributed by atoms with Gasteiger partial charge in [-0.1, -0.05) is 17.7 Å². The summed E-state index contributed by atoms with van der Waals surface area (Å²) >= 11 is 6.04. The molecule has 0 bridgehead atoms. The fourth-order valence-corrected chi connectivity index (χ4v) is 2.36. The Morgan fingerprint density at radius 1 is 1.05 bits per heavy atom. The fourth-order valence-electron chi connectivity index (χ4n) is 2.14. The molecule has 0 radical (unpaired) electrons. The van der Waals surface area contributed by atoms with Crippen LogP contribution in [0.15, 0.2) is 36.4 Å². The van der Waals surface area contributed by atoms with Crippen LogP contribution in [-0.4, -0.2) is 6.04 Å². The van der Waals surface area contributed by atoms with Gasteiger partial charge in [0, 0.05) is 28.7 Å². The van der Waals surface area contributed by atoms with E-state index in [1.54, 1.807) is 12.1 Å². The molecule has 0 aromatic heterocycles. The number of rotatable bonds is 4. The van der Waals surface area contributed by atoms with Crippen molar-refractivity contribution in [2.45, 2.75) is 25.4 Å². The van der Waals surface area contributed by atoms with Gasteiger partial charge in [0.2, 0.25) is 0 Å². The highest BCUT2D eigenvalue weighted by atomic mass is 35.5. The monoisotopic (exact) mass is 293 g/mol. The van der Waals surface area contributed by atoms with Gasteiger partial charge >= 0.3 is 0 Å². The maximum atomic E-state index is 14.0. The first-order valence-corrected chi connectivity index (χ1v) is 6.98. The van der Waals surface area contributed by atoms with Crippen molar-refractivity contribution < 1.29 is 8.78 Å². The number of nitrogens with one attached hydrogen (secondary N) is 1. The predicted molar refractivity (Wildman–Crippen MR) is 76.7 cm³/mol. The second kappa shape index (κ2) is 5.51. The molecule has 0 heterocycles. The van der Waals surface area contributed by atoms with Gasteiger partial charge in [-0.15, -0.1) is 0 Å². The summed E-state index contributed by atoms with van der Waals surface area (Å²) in [5.41, 5.74) is 1.69. The van der Waals surface area contributed by atoms with Crippen LogP contribution in [0.1, 0.15) is 18.4 Å². The molecule has 0 atom stereocenters. The highest BCUT2D eigenvalue weighted by Gasteiger charge is 2.20. The Morgan fingerprint density at radius 2 is 1.85 bits per heavy atom. The molecule has 0 amide bonds. The molecular weight excluding hydrogens is 280 g/mol. The minimum absolute atomic E-state index is 0.338. The average Bonchev–Trinajstić information content (AvgIpc) is 3.25. The lowest BCUT2D eigenvalue weighted by molar-refractivity contribution is 0.623. The van der Waals surface area contributed by atoms with Crippen LogP contribution in [-0.2, 0) is 6.54 Å². The molecule has 0 spiro atoms. The minimum atomic E-state index is -0.426. The molecule has 2 aromatic rings. The third-order valence-corrected chi connectivity index (χ3v) is 3.75. The van der Waals surface area contributed by atoms with Crippen LogP contribution >= 0.6 is 11.6 Å². The van der Waals surface area contributed by atoms with Gasteiger partial charge in [-0.25, -0.2) is 8.78 Å². The molecule has 20 heavy (non-hydrogen) atoms. The molecule has 0 saturated heterocycles. The molecule has 1 fully saturated rings. The normalized spacial score (nSPS) is 14.6. The zero-order chi connectivity index (χ0) is 14.1. The van der Waals surface area contributed by atoms with Gasteiger partial charge in [-0.2, -0.15) is 0 Å². The first-order chi connectivity index (χ1) is 9.63. The molecule has 0 aliphatic heterocycles. The lowest BCUT2D eigenvalue weighted by atomic mass is 10.0. The maximum Gasteiger partial charge on any atom is 0.131 e. The Hall–Kier alpha value is -1.45. The van der Waals surface area contributed by atoms with Crippen LogP contribution in [0, 0.1) is 11.6 Å². The van der Waals surface area contributed by atoms with Crippen molar-refractivity contribution in [3.63, 3.8) is 0 Å². The van der Waals surface area contributed by atoms with Gasteiger partial charge in [-0.3, -0.25) is 0 Å². The lowest BCUT2D eigenvalue weighted by Gasteiger charge is -2.09. The molecule has 2 aromatic carbocycles. The van der Waals surface area contributed by atoms with Crippen LogP contribution < -0.4 is 5.32 Å². The van der Waals surface area contributed by atoms with Crippen LogP contribution in [0.5, 0.6) is 0 Å². The fraction of sp³-hybridized carbons (Fsp3) is 0.250. The standard InChI is InChI=1S/C16H14ClF2N/c17-15-5-2-11(18)8-13(15)14-7-10(1-6-16(14)19)9-20-12-3-4-12/h1-2,5-8,12,20H,3-4,9H2. The Morgan fingerprint density at radius 3 is 2.60 bits per heavy atom. The third-order valence-electron chi connectivity index (χ3n) is 3.42. The molecule has 104 valence electrons. The van der Waals surface area contributed by atoms with Gasteiger partial charge in [0.05, 0.1) is 0 Å². The predicted octanol–water partition coefficient (Wildman–Crippen LogP) is 4.54. The van der Waals surface area contributed by atoms with Crippen molar-refractivity contribution in [2.75, 3.05) is 0 Å². The largest absolute Gasteiger partial charge is 0.310 e. The molecule has 1 aliphatic carbocycles. The van der Waals surface area contributed by atoms with Gasteiger partial charge in [0.1, 0.15) is 11.6 Å². The van der Waals surface area contributed by atoms with Crippen LogP contribution in [0.4, 0.5) is 8.78 Å². The van der Waals surface area contributed by atoms with E-state index in [2.05, 4.69) is 5.32 Å². The maximum absolute atomic E-state index is 14.0. The van der Waals surface area contributed by atoms with Gasteiger partial charge < -0.3 is 5.32 Å². The number of benzene rings is 2. The Kier molecular flexibility index (Phi) is 3.72. The van der Waals surface area contributed by atoms with E-state index in [1.807, 2.05) is 0 Å². The van der Waals surface area contributed by atoms with Crippen molar-refractivity contribution in [2.24, 2.45) is 0 Å². The van der Waals surface area contributed by atoms with Crippen molar-refractivity contribution in [3.8, 4) is 11.1 Å². The highest BCUT2D eigenvalue weighted by Crippen LogP contribution is 2.31. The molecule has 1 saturated carbocycles. The smallest absolute Gasteiger partial charge is 0.131 e. The lowest BCUT2D eigenvalue weighted by Crippen LogP contribution is -2.15. The van der Waals surface area contributed by atoms with Crippen LogP contribution in [0.25, 0.3) is 11.1 Å². The van der Waals surface area contributed by atoms with E-state index < -0.39 is 11.6 Å². The summed E-state index contributed by atoms with van der Waals surface area (Å²) in [6.45, 7) is 0.685. The SMILES string of the molecule is Fc1ccc(Cl)c(-c2cc(CNC3CC3)ccc2F)c1. The topological polar surface area (TPSA) is 12.0 Å². The number of halogens is 3. The van der Waals surface area contributed by atoms with E-state index in [-0.39, 0.29) is 0 Å². The zero-order valence-corrected chi connectivity index (χ0v) is 11.6. The van der Waals surface area contributed by atoms with E-state index in [9.17, 15) is 8.78 Å². The first kappa shape index (κ1) is 13.5.